The van der Waals surface area contributed by atoms with Crippen molar-refractivity contribution in [3.63, 3.8) is 0 Å². The molecule has 28 heavy (non-hydrogen) atoms. The normalized spacial score (nSPS) is 20.9. The Morgan fingerprint density at radius 3 is 2.39 bits per heavy atom. The number of likely N-dealkylation sites (tertiary alicyclic amines) is 1. The SMILES string of the molecule is O=C(O[C@H](CO)C(F)(F)F)N1CCC2(CC1)CC(c1ccc(C(F)F)cn1)C2. The van der Waals surface area contributed by atoms with Gasteiger partial charge < -0.3 is 14.7 Å². The molecule has 2 aliphatic rings. The van der Waals surface area contributed by atoms with Crippen LogP contribution < -0.4 is 0 Å². The van der Waals surface area contributed by atoms with E-state index in [1.165, 1.54) is 17.2 Å². The summed E-state index contributed by atoms with van der Waals surface area (Å²) >= 11 is 0. The van der Waals surface area contributed by atoms with Crippen molar-refractivity contribution in [1.29, 1.82) is 0 Å². The molecule has 1 aliphatic heterocycles. The van der Waals surface area contributed by atoms with Crippen LogP contribution in [0, 0.1) is 5.41 Å². The van der Waals surface area contributed by atoms with E-state index in [9.17, 15) is 26.7 Å². The molecule has 2 heterocycles. The van der Waals surface area contributed by atoms with Gasteiger partial charge in [0, 0.05) is 36.5 Å². The molecule has 10 heteroatoms. The van der Waals surface area contributed by atoms with Gasteiger partial charge in [-0.3, -0.25) is 4.98 Å². The van der Waals surface area contributed by atoms with E-state index in [2.05, 4.69) is 9.72 Å². The zero-order chi connectivity index (χ0) is 20.5. The molecule has 1 saturated carbocycles. The predicted molar refractivity (Wildman–Crippen MR) is 87.8 cm³/mol. The van der Waals surface area contributed by atoms with Crippen molar-refractivity contribution < 1.29 is 36.6 Å². The third-order valence-electron chi connectivity index (χ3n) is 5.69. The molecule has 1 aromatic heterocycles. The third-order valence-corrected chi connectivity index (χ3v) is 5.69. The number of aliphatic hydroxyl groups is 1. The molecule has 0 radical (unpaired) electrons. The predicted octanol–water partition coefficient (Wildman–Crippen LogP) is 4.04. The first kappa shape index (κ1) is 20.8. The van der Waals surface area contributed by atoms with Crippen LogP contribution in [-0.2, 0) is 4.74 Å². The molecule has 2 fully saturated rings. The number of hydrogen-bond donors (Lipinski definition) is 1. The maximum Gasteiger partial charge on any atom is 0.427 e. The Morgan fingerprint density at radius 2 is 1.93 bits per heavy atom. The lowest BCUT2D eigenvalue weighted by Crippen LogP contribution is -2.50. The van der Waals surface area contributed by atoms with Gasteiger partial charge >= 0.3 is 12.3 Å². The summed E-state index contributed by atoms with van der Waals surface area (Å²) in [6.45, 7) is -0.759. The van der Waals surface area contributed by atoms with E-state index >= 15 is 0 Å². The highest BCUT2D eigenvalue weighted by atomic mass is 19.4. The Morgan fingerprint density at radius 1 is 1.29 bits per heavy atom. The van der Waals surface area contributed by atoms with Gasteiger partial charge in [0.1, 0.15) is 0 Å². The fourth-order valence-electron chi connectivity index (χ4n) is 3.96. The number of hydrogen-bond acceptors (Lipinski definition) is 4. The van der Waals surface area contributed by atoms with E-state index in [0.29, 0.717) is 12.8 Å². The quantitative estimate of drug-likeness (QED) is 0.764. The molecule has 1 spiro atoms. The maximum atomic E-state index is 12.6. The summed E-state index contributed by atoms with van der Waals surface area (Å²) in [5.74, 6) is 0.161. The van der Waals surface area contributed by atoms with E-state index < -0.39 is 31.4 Å². The van der Waals surface area contributed by atoms with Gasteiger partial charge in [0.15, 0.2) is 0 Å². The van der Waals surface area contributed by atoms with Gasteiger partial charge in [0.2, 0.25) is 6.10 Å². The van der Waals surface area contributed by atoms with Crippen molar-refractivity contribution >= 4 is 6.09 Å². The number of ether oxygens (including phenoxy) is 1. The zero-order valence-corrected chi connectivity index (χ0v) is 15.0. The maximum absolute atomic E-state index is 12.6. The number of carbonyl (C=O) groups excluding carboxylic acids is 1. The molecular formula is C18H21F5N2O3. The molecule has 0 unspecified atom stereocenters. The molecule has 1 aliphatic carbocycles. The first-order valence-corrected chi connectivity index (χ1v) is 9.01. The van der Waals surface area contributed by atoms with Gasteiger partial charge in [-0.25, -0.2) is 13.6 Å². The molecule has 0 aromatic carbocycles. The second kappa shape index (κ2) is 7.81. The first-order chi connectivity index (χ1) is 13.1. The van der Waals surface area contributed by atoms with E-state index in [0.717, 1.165) is 18.5 Å². The molecule has 3 rings (SSSR count). The van der Waals surface area contributed by atoms with Crippen LogP contribution in [-0.4, -0.2) is 53.1 Å². The standard InChI is InChI=1S/C18H21F5N2O3/c19-15(20)11-1-2-13(24-9-11)12-7-17(8-12)3-5-25(6-4-17)16(27)28-14(10-26)18(21,22)23/h1-2,9,12,14-15,26H,3-8,10H2/t14-/m1/s1. The monoisotopic (exact) mass is 408 g/mol. The fraction of sp³-hybridized carbons (Fsp3) is 0.667. The zero-order valence-electron chi connectivity index (χ0n) is 15.0. The third kappa shape index (κ3) is 4.37. The lowest BCUT2D eigenvalue weighted by molar-refractivity contribution is -0.215. The van der Waals surface area contributed by atoms with Crippen LogP contribution in [0.5, 0.6) is 0 Å². The number of aromatic nitrogens is 1. The lowest BCUT2D eigenvalue weighted by Gasteiger charge is -2.52. The highest BCUT2D eigenvalue weighted by Gasteiger charge is 2.48. The summed E-state index contributed by atoms with van der Waals surface area (Å²) in [5.41, 5.74) is 0.628. The Hall–Kier alpha value is -1.97. The summed E-state index contributed by atoms with van der Waals surface area (Å²) in [7, 11) is 0. The number of nitrogens with zero attached hydrogens (tertiary/aromatic N) is 2. The first-order valence-electron chi connectivity index (χ1n) is 9.01. The number of rotatable bonds is 4. The summed E-state index contributed by atoms with van der Waals surface area (Å²) < 4.78 is 67.4. The number of halogens is 5. The molecule has 5 nitrogen and oxygen atoms in total. The van der Waals surface area contributed by atoms with Crippen molar-refractivity contribution in [3.05, 3.63) is 29.6 Å². The van der Waals surface area contributed by atoms with Crippen LogP contribution in [0.2, 0.25) is 0 Å². The fourth-order valence-corrected chi connectivity index (χ4v) is 3.96. The minimum Gasteiger partial charge on any atom is -0.434 e. The topological polar surface area (TPSA) is 62.7 Å². The molecule has 1 saturated heterocycles. The van der Waals surface area contributed by atoms with Gasteiger partial charge in [0.25, 0.3) is 6.43 Å². The smallest absolute Gasteiger partial charge is 0.427 e. The molecule has 1 N–H and O–H groups in total. The highest BCUT2D eigenvalue weighted by molar-refractivity contribution is 5.68. The van der Waals surface area contributed by atoms with E-state index in [1.54, 1.807) is 6.07 Å². The highest BCUT2D eigenvalue weighted by Crippen LogP contribution is 2.56. The van der Waals surface area contributed by atoms with E-state index in [4.69, 9.17) is 5.11 Å². The minimum atomic E-state index is -4.81. The van der Waals surface area contributed by atoms with Gasteiger partial charge in [-0.15, -0.1) is 0 Å². The van der Waals surface area contributed by atoms with Crippen molar-refractivity contribution in [2.24, 2.45) is 5.41 Å². The Labute approximate surface area is 158 Å². The van der Waals surface area contributed by atoms with Crippen LogP contribution in [0.4, 0.5) is 26.7 Å². The number of pyridine rings is 1. The average Bonchev–Trinajstić information content (AvgIpc) is 2.63. The Kier molecular flexibility index (Phi) is 5.79. The van der Waals surface area contributed by atoms with E-state index in [1.807, 2.05) is 0 Å². The molecule has 0 bridgehead atoms. The summed E-state index contributed by atoms with van der Waals surface area (Å²) in [4.78, 5) is 17.3. The van der Waals surface area contributed by atoms with Crippen LogP contribution in [0.15, 0.2) is 18.3 Å². The van der Waals surface area contributed by atoms with Gasteiger partial charge in [0.05, 0.1) is 6.61 Å². The van der Waals surface area contributed by atoms with Crippen LogP contribution in [0.1, 0.15) is 49.3 Å². The molecule has 1 amide bonds. The van der Waals surface area contributed by atoms with Gasteiger partial charge in [-0.2, -0.15) is 13.2 Å². The summed E-state index contributed by atoms with van der Waals surface area (Å²) in [6.07, 6.45) is -6.92. The minimum absolute atomic E-state index is 0.00901. The van der Waals surface area contributed by atoms with Crippen LogP contribution >= 0.6 is 0 Å². The van der Waals surface area contributed by atoms with Crippen molar-refractivity contribution in [2.75, 3.05) is 19.7 Å². The van der Waals surface area contributed by atoms with Gasteiger partial charge in [-0.05, 0) is 43.2 Å². The summed E-state index contributed by atoms with van der Waals surface area (Å²) in [5, 5.41) is 8.76. The molecule has 1 atom stereocenters. The van der Waals surface area contributed by atoms with Crippen LogP contribution in [0.3, 0.4) is 0 Å². The second-order valence-corrected chi connectivity index (χ2v) is 7.51. The van der Waals surface area contributed by atoms with Crippen molar-refractivity contribution in [1.82, 2.24) is 9.88 Å². The number of alkyl halides is 5. The molecule has 1 aromatic rings. The Balaban J connectivity index is 1.49. The molecular weight excluding hydrogens is 387 g/mol. The number of piperidine rings is 1. The Bertz CT molecular complexity index is 679. The average molecular weight is 408 g/mol. The van der Waals surface area contributed by atoms with Crippen LogP contribution in [0.25, 0.3) is 0 Å². The second-order valence-electron chi connectivity index (χ2n) is 7.51. The van der Waals surface area contributed by atoms with Crippen molar-refractivity contribution in [2.45, 2.75) is 50.3 Å². The number of aliphatic hydroxyl groups excluding tert-OH is 1. The molecule has 156 valence electrons. The number of carbonyl (C=O) groups is 1. The lowest BCUT2D eigenvalue weighted by atomic mass is 9.57. The van der Waals surface area contributed by atoms with Gasteiger partial charge in [-0.1, -0.05) is 0 Å². The largest absolute Gasteiger partial charge is 0.434 e. The van der Waals surface area contributed by atoms with E-state index in [-0.39, 0.29) is 30.0 Å². The number of amides is 1. The summed E-state index contributed by atoms with van der Waals surface area (Å²) in [6, 6.07) is 2.98. The van der Waals surface area contributed by atoms with Crippen molar-refractivity contribution in [3.8, 4) is 0 Å².